The Bertz CT molecular complexity index is 624. The maximum absolute atomic E-state index is 11.1. The highest BCUT2D eigenvalue weighted by molar-refractivity contribution is 5.86. The zero-order chi connectivity index (χ0) is 31.4. The van der Waals surface area contributed by atoms with Gasteiger partial charge in [-0.05, 0) is 6.92 Å². The van der Waals surface area contributed by atoms with Crippen molar-refractivity contribution in [3.63, 3.8) is 0 Å². The molecule has 3 N–H and O–H groups in total. The van der Waals surface area contributed by atoms with E-state index in [4.69, 9.17) is 52.5 Å². The van der Waals surface area contributed by atoms with Crippen LogP contribution in [0.1, 0.15) is 6.92 Å². The molecule has 15 nitrogen and oxygen atoms in total. The molecule has 0 aliphatic carbocycles. The number of esters is 1. The number of aliphatic hydroxyl groups is 1. The fourth-order valence-corrected chi connectivity index (χ4v) is 2.32. The van der Waals surface area contributed by atoms with Crippen LogP contribution in [0.15, 0.2) is 25.0 Å². The third kappa shape index (κ3) is 40.0. The molecule has 0 saturated heterocycles. The van der Waals surface area contributed by atoms with Crippen molar-refractivity contribution < 1.29 is 66.8 Å². The molecule has 1 amide bonds. The summed E-state index contributed by atoms with van der Waals surface area (Å²) in [6.45, 7) is 16.8. The Morgan fingerprint density at radius 1 is 0.571 bits per heavy atom. The van der Waals surface area contributed by atoms with Crippen LogP contribution in [-0.4, -0.2) is 149 Å². The highest BCUT2D eigenvalue weighted by atomic mass is 16.6. The lowest BCUT2D eigenvalue weighted by molar-refractivity contribution is -0.140. The lowest BCUT2D eigenvalue weighted by atomic mass is 10.4. The van der Waals surface area contributed by atoms with Crippen LogP contribution in [-0.2, 0) is 56.9 Å². The molecule has 0 atom stereocenters. The molecule has 15 heteroatoms. The van der Waals surface area contributed by atoms with Gasteiger partial charge in [0.25, 0.3) is 0 Å². The van der Waals surface area contributed by atoms with Gasteiger partial charge in [0.05, 0.1) is 132 Å². The zero-order valence-corrected chi connectivity index (χ0v) is 25.0. The average molecular weight is 614 g/mol. The molecule has 0 unspecified atom stereocenters. The van der Waals surface area contributed by atoms with Gasteiger partial charge >= 0.3 is 12.1 Å². The average Bonchev–Trinajstić information content (AvgIpc) is 2.96. The van der Waals surface area contributed by atoms with E-state index in [1.165, 1.54) is 0 Å². The van der Waals surface area contributed by atoms with E-state index in [0.29, 0.717) is 124 Å². The lowest BCUT2D eigenvalue weighted by Gasteiger charge is -2.09. The normalized spacial score (nSPS) is 10.5. The first-order valence-electron chi connectivity index (χ1n) is 13.7. The number of rotatable bonds is 31. The standard InChI is InChI=1S/C24H46O12.C3H5NO2/c1-23(2)24(26)36-22-21-35-20-19-34-18-17-33-16-15-32-14-13-31-12-11-30-10-9-29-8-7-28-6-5-27-4-3-25;1-2-6-3(4)5/h25H,1,3-22H2,2H3;2H,1H2,(H2,4,5). The van der Waals surface area contributed by atoms with Crippen molar-refractivity contribution >= 4 is 12.1 Å². The first-order chi connectivity index (χ1) is 20.5. The summed E-state index contributed by atoms with van der Waals surface area (Å²) < 4.78 is 56.9. The molecule has 0 fully saturated rings. The summed E-state index contributed by atoms with van der Waals surface area (Å²) in [7, 11) is 0. The SMILES string of the molecule is C=C(C)C(=O)OCCOCCOCCOCCOCCOCCOCCOCCOCCOCCO.C=COC(N)=O. The third-order valence-corrected chi connectivity index (χ3v) is 4.22. The molecule has 0 rings (SSSR count). The monoisotopic (exact) mass is 613 g/mol. The van der Waals surface area contributed by atoms with Crippen molar-refractivity contribution in [2.45, 2.75) is 6.92 Å². The number of nitrogens with two attached hydrogens (primary N) is 1. The number of hydrogen-bond acceptors (Lipinski definition) is 14. The largest absolute Gasteiger partial charge is 0.460 e. The molecule has 42 heavy (non-hydrogen) atoms. The molecule has 0 aromatic heterocycles. The predicted octanol–water partition coefficient (Wildman–Crippen LogP) is 0.473. The highest BCUT2D eigenvalue weighted by Crippen LogP contribution is 1.92. The van der Waals surface area contributed by atoms with Gasteiger partial charge in [-0.15, -0.1) is 0 Å². The summed E-state index contributed by atoms with van der Waals surface area (Å²) in [5.74, 6) is -0.413. The second kappa shape index (κ2) is 36.8. The summed E-state index contributed by atoms with van der Waals surface area (Å²) in [6, 6.07) is 0. The van der Waals surface area contributed by atoms with Crippen LogP contribution in [0.2, 0.25) is 0 Å². The van der Waals surface area contributed by atoms with Gasteiger partial charge in [0.1, 0.15) is 6.61 Å². The van der Waals surface area contributed by atoms with E-state index in [-0.39, 0.29) is 13.2 Å². The first-order valence-corrected chi connectivity index (χ1v) is 13.7. The summed E-state index contributed by atoms with van der Waals surface area (Å²) in [6.07, 6.45) is 0.146. The minimum absolute atomic E-state index is 0.0231. The fourth-order valence-electron chi connectivity index (χ4n) is 2.32. The second-order valence-corrected chi connectivity index (χ2v) is 7.75. The molecule has 0 aromatic carbocycles. The van der Waals surface area contributed by atoms with Crippen molar-refractivity contribution in [1.29, 1.82) is 0 Å². The number of hydrogen-bond donors (Lipinski definition) is 2. The van der Waals surface area contributed by atoms with Gasteiger partial charge in [-0.1, -0.05) is 13.2 Å². The number of aliphatic hydroxyl groups excluding tert-OH is 1. The summed E-state index contributed by atoms with van der Waals surface area (Å²) in [4.78, 5) is 20.7. The van der Waals surface area contributed by atoms with Gasteiger partial charge in [-0.25, -0.2) is 9.59 Å². The van der Waals surface area contributed by atoms with Crippen LogP contribution in [0, 0.1) is 0 Å². The molecular weight excluding hydrogens is 562 g/mol. The smallest absolute Gasteiger partial charge is 0.409 e. The minimum Gasteiger partial charge on any atom is -0.460 e. The molecule has 0 heterocycles. The summed E-state index contributed by atoms with van der Waals surface area (Å²) >= 11 is 0. The van der Waals surface area contributed by atoms with E-state index in [2.05, 4.69) is 23.6 Å². The number of ether oxygens (including phenoxy) is 11. The lowest BCUT2D eigenvalue weighted by Crippen LogP contribution is -2.15. The first kappa shape index (κ1) is 42.0. The second-order valence-electron chi connectivity index (χ2n) is 7.75. The van der Waals surface area contributed by atoms with E-state index in [9.17, 15) is 9.59 Å². The van der Waals surface area contributed by atoms with Crippen molar-refractivity contribution in [3.05, 3.63) is 25.0 Å². The van der Waals surface area contributed by atoms with Crippen molar-refractivity contribution in [2.75, 3.05) is 132 Å². The van der Waals surface area contributed by atoms with Gasteiger partial charge in [0.15, 0.2) is 0 Å². The number of primary amides is 1. The molecule has 0 radical (unpaired) electrons. The van der Waals surface area contributed by atoms with Crippen LogP contribution in [0.3, 0.4) is 0 Å². The minimum atomic E-state index is -0.829. The fraction of sp³-hybridized carbons (Fsp3) is 0.778. The number of carbonyl (C=O) groups is 2. The molecule has 248 valence electrons. The van der Waals surface area contributed by atoms with Gasteiger partial charge in [0, 0.05) is 5.57 Å². The molecular formula is C27H51NO14. The Morgan fingerprint density at radius 3 is 1.02 bits per heavy atom. The summed E-state index contributed by atoms with van der Waals surface area (Å²) in [5.41, 5.74) is 4.84. The molecule has 0 spiro atoms. The van der Waals surface area contributed by atoms with Gasteiger partial charge in [0.2, 0.25) is 0 Å². The van der Waals surface area contributed by atoms with Gasteiger partial charge in [-0.2, -0.15) is 0 Å². The van der Waals surface area contributed by atoms with E-state index in [0.717, 1.165) is 6.26 Å². The Hall–Kier alpha value is -2.18. The van der Waals surface area contributed by atoms with Crippen LogP contribution < -0.4 is 5.73 Å². The van der Waals surface area contributed by atoms with E-state index in [1.54, 1.807) is 6.92 Å². The van der Waals surface area contributed by atoms with E-state index >= 15 is 0 Å². The van der Waals surface area contributed by atoms with Crippen LogP contribution in [0.5, 0.6) is 0 Å². The number of carbonyl (C=O) groups excluding carboxylic acids is 2. The number of amides is 1. The Morgan fingerprint density at radius 2 is 0.833 bits per heavy atom. The third-order valence-electron chi connectivity index (χ3n) is 4.22. The topological polar surface area (TPSA) is 182 Å². The van der Waals surface area contributed by atoms with E-state index in [1.807, 2.05) is 0 Å². The van der Waals surface area contributed by atoms with Crippen molar-refractivity contribution in [1.82, 2.24) is 0 Å². The predicted molar refractivity (Wildman–Crippen MR) is 151 cm³/mol. The van der Waals surface area contributed by atoms with Gasteiger partial charge < -0.3 is 62.9 Å². The quantitative estimate of drug-likeness (QED) is 0.0476. The van der Waals surface area contributed by atoms with Crippen molar-refractivity contribution in [3.8, 4) is 0 Å². The van der Waals surface area contributed by atoms with Crippen LogP contribution in [0.25, 0.3) is 0 Å². The van der Waals surface area contributed by atoms with E-state index < -0.39 is 12.1 Å². The molecule has 0 aromatic rings. The maximum Gasteiger partial charge on any atom is 0.409 e. The van der Waals surface area contributed by atoms with Crippen molar-refractivity contribution in [2.24, 2.45) is 5.73 Å². The highest BCUT2D eigenvalue weighted by Gasteiger charge is 2.01. The zero-order valence-electron chi connectivity index (χ0n) is 25.0. The molecule has 0 bridgehead atoms. The van der Waals surface area contributed by atoms with Crippen LogP contribution >= 0.6 is 0 Å². The Balaban J connectivity index is 0. The van der Waals surface area contributed by atoms with Gasteiger partial charge in [-0.3, -0.25) is 0 Å². The maximum atomic E-state index is 11.1. The summed E-state index contributed by atoms with van der Waals surface area (Å²) in [5, 5.41) is 8.55. The molecule has 0 saturated carbocycles. The Kier molecular flexibility index (Phi) is 36.8. The Labute approximate surface area is 249 Å². The molecule has 0 aliphatic rings. The molecule has 0 aliphatic heterocycles. The van der Waals surface area contributed by atoms with Crippen LogP contribution in [0.4, 0.5) is 4.79 Å².